The minimum absolute atomic E-state index is 0.101. The van der Waals surface area contributed by atoms with Gasteiger partial charge in [-0.25, -0.2) is 0 Å². The van der Waals surface area contributed by atoms with E-state index in [9.17, 15) is 4.79 Å². The molecule has 0 atom stereocenters. The molecule has 1 aromatic heterocycles. The molecule has 1 amide bonds. The maximum atomic E-state index is 11.7. The fourth-order valence-corrected chi connectivity index (χ4v) is 2.75. The standard InChI is InChI=1S/C14H23N3O2S/c1-2-16-14(18)13-11(15)8-12(20-13)17-6-3-7-19-9-10-4-5-10/h8,10,17H,2-7,9,15H2,1H3,(H,16,18). The number of nitrogens with one attached hydrogen (secondary N) is 2. The Bertz CT molecular complexity index is 444. The van der Waals surface area contributed by atoms with Crippen LogP contribution in [0.15, 0.2) is 6.07 Å². The number of thiophene rings is 1. The zero-order valence-electron chi connectivity index (χ0n) is 11.9. The molecule has 0 radical (unpaired) electrons. The molecule has 1 saturated carbocycles. The summed E-state index contributed by atoms with van der Waals surface area (Å²) in [6.07, 6.45) is 3.62. The third-order valence-corrected chi connectivity index (χ3v) is 4.23. The summed E-state index contributed by atoms with van der Waals surface area (Å²) >= 11 is 1.40. The van der Waals surface area contributed by atoms with Gasteiger partial charge in [-0.05, 0) is 38.2 Å². The smallest absolute Gasteiger partial charge is 0.263 e. The largest absolute Gasteiger partial charge is 0.397 e. The molecule has 4 N–H and O–H groups in total. The lowest BCUT2D eigenvalue weighted by atomic mass is 10.3. The van der Waals surface area contributed by atoms with E-state index in [-0.39, 0.29) is 5.91 Å². The van der Waals surface area contributed by atoms with Crippen molar-refractivity contribution in [3.05, 3.63) is 10.9 Å². The fraction of sp³-hybridized carbons (Fsp3) is 0.643. The minimum Gasteiger partial charge on any atom is -0.397 e. The summed E-state index contributed by atoms with van der Waals surface area (Å²) in [4.78, 5) is 12.3. The molecule has 0 spiro atoms. The molecule has 0 aliphatic heterocycles. The summed E-state index contributed by atoms with van der Waals surface area (Å²) < 4.78 is 5.57. The van der Waals surface area contributed by atoms with Crippen LogP contribution in [0.1, 0.15) is 35.9 Å². The average Bonchev–Trinajstić information content (AvgIpc) is 3.16. The van der Waals surface area contributed by atoms with Crippen molar-refractivity contribution >= 4 is 27.9 Å². The molecular formula is C14H23N3O2S. The van der Waals surface area contributed by atoms with Gasteiger partial charge in [-0.1, -0.05) is 0 Å². The first-order valence-corrected chi connectivity index (χ1v) is 8.01. The van der Waals surface area contributed by atoms with Crippen molar-refractivity contribution in [1.82, 2.24) is 5.32 Å². The summed E-state index contributed by atoms with van der Waals surface area (Å²) in [5, 5.41) is 6.98. The highest BCUT2D eigenvalue weighted by atomic mass is 32.1. The Morgan fingerprint density at radius 1 is 1.55 bits per heavy atom. The monoisotopic (exact) mass is 297 g/mol. The van der Waals surface area contributed by atoms with Gasteiger partial charge in [0.25, 0.3) is 5.91 Å². The van der Waals surface area contributed by atoms with Gasteiger partial charge in [0.05, 0.1) is 10.7 Å². The van der Waals surface area contributed by atoms with Gasteiger partial charge in [0.15, 0.2) is 0 Å². The van der Waals surface area contributed by atoms with Crippen LogP contribution in [0.3, 0.4) is 0 Å². The van der Waals surface area contributed by atoms with Crippen LogP contribution in [0, 0.1) is 5.92 Å². The summed E-state index contributed by atoms with van der Waals surface area (Å²) in [5.74, 6) is 0.718. The Morgan fingerprint density at radius 2 is 2.35 bits per heavy atom. The second-order valence-corrected chi connectivity index (χ2v) is 6.11. The maximum absolute atomic E-state index is 11.7. The molecule has 1 fully saturated rings. The second-order valence-electron chi connectivity index (χ2n) is 5.05. The predicted molar refractivity (Wildman–Crippen MR) is 83.4 cm³/mol. The number of rotatable bonds is 9. The summed E-state index contributed by atoms with van der Waals surface area (Å²) in [5.41, 5.74) is 6.39. The Kier molecular flexibility index (Phi) is 5.67. The van der Waals surface area contributed by atoms with E-state index in [1.54, 1.807) is 0 Å². The van der Waals surface area contributed by atoms with E-state index in [2.05, 4.69) is 10.6 Å². The van der Waals surface area contributed by atoms with Crippen molar-refractivity contribution in [3.63, 3.8) is 0 Å². The highest BCUT2D eigenvalue weighted by Crippen LogP contribution is 2.29. The number of carbonyl (C=O) groups excluding carboxylic acids is 1. The number of hydrogen-bond acceptors (Lipinski definition) is 5. The van der Waals surface area contributed by atoms with E-state index in [1.807, 2.05) is 13.0 Å². The third kappa shape index (κ3) is 4.68. The molecular weight excluding hydrogens is 274 g/mol. The summed E-state index contributed by atoms with van der Waals surface area (Å²) in [7, 11) is 0. The number of nitrogen functional groups attached to an aromatic ring is 1. The van der Waals surface area contributed by atoms with Crippen LogP contribution in [-0.4, -0.2) is 32.2 Å². The molecule has 1 aliphatic carbocycles. The van der Waals surface area contributed by atoms with Gasteiger partial charge in [0, 0.05) is 26.3 Å². The topological polar surface area (TPSA) is 76.4 Å². The lowest BCUT2D eigenvalue weighted by Crippen LogP contribution is -2.22. The summed E-state index contributed by atoms with van der Waals surface area (Å²) in [6.45, 7) is 5.03. The molecule has 0 unspecified atom stereocenters. The molecule has 0 aromatic carbocycles. The third-order valence-electron chi connectivity index (χ3n) is 3.12. The van der Waals surface area contributed by atoms with E-state index in [0.717, 1.165) is 37.1 Å². The number of anilines is 2. The lowest BCUT2D eigenvalue weighted by molar-refractivity contribution is 0.0960. The average molecular weight is 297 g/mol. The summed E-state index contributed by atoms with van der Waals surface area (Å²) in [6, 6.07) is 1.82. The van der Waals surface area contributed by atoms with Crippen molar-refractivity contribution in [2.24, 2.45) is 5.92 Å². The normalized spacial score (nSPS) is 14.2. The highest BCUT2D eigenvalue weighted by molar-refractivity contribution is 7.18. The van der Waals surface area contributed by atoms with Gasteiger partial charge >= 0.3 is 0 Å². The predicted octanol–water partition coefficient (Wildman–Crippen LogP) is 2.31. The Balaban J connectivity index is 1.67. The van der Waals surface area contributed by atoms with Gasteiger partial charge in [-0.15, -0.1) is 11.3 Å². The SMILES string of the molecule is CCNC(=O)c1sc(NCCCOCC2CC2)cc1N. The number of amides is 1. The van der Waals surface area contributed by atoms with Gasteiger partial charge in [-0.2, -0.15) is 0 Å². The fourth-order valence-electron chi connectivity index (χ4n) is 1.83. The molecule has 6 heteroatoms. The van der Waals surface area contributed by atoms with Crippen molar-refractivity contribution < 1.29 is 9.53 Å². The van der Waals surface area contributed by atoms with Crippen molar-refractivity contribution in [1.29, 1.82) is 0 Å². The second kappa shape index (κ2) is 7.50. The van der Waals surface area contributed by atoms with E-state index in [4.69, 9.17) is 10.5 Å². The Labute approximate surface area is 123 Å². The molecule has 112 valence electrons. The zero-order chi connectivity index (χ0) is 14.4. The lowest BCUT2D eigenvalue weighted by Gasteiger charge is -2.04. The van der Waals surface area contributed by atoms with Crippen molar-refractivity contribution in [2.45, 2.75) is 26.2 Å². The first kappa shape index (κ1) is 15.1. The first-order chi connectivity index (χ1) is 9.70. The number of carbonyl (C=O) groups is 1. The van der Waals surface area contributed by atoms with Gasteiger partial charge in [-0.3, -0.25) is 4.79 Å². The van der Waals surface area contributed by atoms with Crippen LogP contribution < -0.4 is 16.4 Å². The molecule has 1 aliphatic rings. The quantitative estimate of drug-likeness (QED) is 0.611. The Morgan fingerprint density at radius 3 is 3.05 bits per heavy atom. The molecule has 0 bridgehead atoms. The van der Waals surface area contributed by atoms with Crippen LogP contribution >= 0.6 is 11.3 Å². The molecule has 1 heterocycles. The van der Waals surface area contributed by atoms with Gasteiger partial charge in [0.1, 0.15) is 4.88 Å². The molecule has 0 saturated heterocycles. The molecule has 1 aromatic rings. The van der Waals surface area contributed by atoms with E-state index in [0.29, 0.717) is 17.1 Å². The number of ether oxygens (including phenoxy) is 1. The Hall–Kier alpha value is -1.27. The highest BCUT2D eigenvalue weighted by Gasteiger charge is 2.20. The van der Waals surface area contributed by atoms with E-state index in [1.165, 1.54) is 24.2 Å². The van der Waals surface area contributed by atoms with Crippen LogP contribution in [-0.2, 0) is 4.74 Å². The zero-order valence-corrected chi connectivity index (χ0v) is 12.7. The number of nitrogens with two attached hydrogens (primary N) is 1. The van der Waals surface area contributed by atoms with Crippen molar-refractivity contribution in [2.75, 3.05) is 37.4 Å². The number of hydrogen-bond donors (Lipinski definition) is 3. The van der Waals surface area contributed by atoms with Crippen LogP contribution in [0.4, 0.5) is 10.7 Å². The van der Waals surface area contributed by atoms with Crippen molar-refractivity contribution in [3.8, 4) is 0 Å². The first-order valence-electron chi connectivity index (χ1n) is 7.19. The van der Waals surface area contributed by atoms with Gasteiger partial charge in [0.2, 0.25) is 0 Å². The molecule has 5 nitrogen and oxygen atoms in total. The molecule has 2 rings (SSSR count). The van der Waals surface area contributed by atoms with Crippen LogP contribution in [0.2, 0.25) is 0 Å². The van der Waals surface area contributed by atoms with Crippen LogP contribution in [0.25, 0.3) is 0 Å². The van der Waals surface area contributed by atoms with E-state index >= 15 is 0 Å². The van der Waals surface area contributed by atoms with Crippen LogP contribution in [0.5, 0.6) is 0 Å². The minimum atomic E-state index is -0.101. The molecule has 20 heavy (non-hydrogen) atoms. The van der Waals surface area contributed by atoms with E-state index < -0.39 is 0 Å². The van der Waals surface area contributed by atoms with Gasteiger partial charge < -0.3 is 21.1 Å². The maximum Gasteiger partial charge on any atom is 0.263 e.